The summed E-state index contributed by atoms with van der Waals surface area (Å²) in [7, 11) is 1.66. The Labute approximate surface area is 110 Å². The average Bonchev–Trinajstić information content (AvgIpc) is 2.46. The molecule has 0 saturated carbocycles. The molecule has 104 valence electrons. The molecule has 1 aromatic heterocycles. The minimum atomic E-state index is -0.448. The van der Waals surface area contributed by atoms with Gasteiger partial charge in [0, 0.05) is 20.1 Å². The second-order valence-corrected chi connectivity index (χ2v) is 4.20. The Balaban J connectivity index is 2.27. The molecule has 2 heterocycles. The molecule has 19 heavy (non-hydrogen) atoms. The van der Waals surface area contributed by atoms with Crippen LogP contribution in [-0.4, -0.2) is 54.5 Å². The Kier molecular flexibility index (Phi) is 4.13. The second kappa shape index (κ2) is 5.81. The number of aliphatic hydroxyl groups excluding tert-OH is 1. The number of aliphatic hydroxyl groups is 1. The van der Waals surface area contributed by atoms with E-state index in [2.05, 4.69) is 10.3 Å². The van der Waals surface area contributed by atoms with Crippen LogP contribution in [0.5, 0.6) is 0 Å². The van der Waals surface area contributed by atoms with Gasteiger partial charge in [0.2, 0.25) is 0 Å². The Morgan fingerprint density at radius 1 is 1.68 bits per heavy atom. The summed E-state index contributed by atoms with van der Waals surface area (Å²) in [6, 6.07) is 2.81. The summed E-state index contributed by atoms with van der Waals surface area (Å²) in [6.07, 6.45) is -0.284. The molecule has 8 heteroatoms. The predicted molar refractivity (Wildman–Crippen MR) is 69.5 cm³/mol. The van der Waals surface area contributed by atoms with Crippen LogP contribution in [0, 0.1) is 10.1 Å². The van der Waals surface area contributed by atoms with Crippen LogP contribution in [0.3, 0.4) is 0 Å². The number of rotatable bonds is 4. The Morgan fingerprint density at radius 2 is 2.47 bits per heavy atom. The summed E-state index contributed by atoms with van der Waals surface area (Å²) >= 11 is 0. The first-order valence-electron chi connectivity index (χ1n) is 5.95. The van der Waals surface area contributed by atoms with Gasteiger partial charge in [-0.15, -0.1) is 0 Å². The standard InChI is InChI=1S/C11H16N4O4/c1-12-10-4-8(15(17)18)5-11(13-10)14-2-3-19-9(6-14)7-16/h4-5,9,16H,2-3,6-7H2,1H3,(H,12,13). The van der Waals surface area contributed by atoms with Crippen LogP contribution in [0.1, 0.15) is 0 Å². The first-order chi connectivity index (χ1) is 9.13. The molecule has 0 radical (unpaired) electrons. The zero-order valence-corrected chi connectivity index (χ0v) is 10.6. The highest BCUT2D eigenvalue weighted by molar-refractivity contribution is 5.55. The van der Waals surface area contributed by atoms with E-state index in [9.17, 15) is 10.1 Å². The van der Waals surface area contributed by atoms with E-state index in [0.29, 0.717) is 31.3 Å². The van der Waals surface area contributed by atoms with Crippen molar-refractivity contribution < 1.29 is 14.8 Å². The highest BCUT2D eigenvalue weighted by Gasteiger charge is 2.23. The van der Waals surface area contributed by atoms with Gasteiger partial charge in [0.25, 0.3) is 5.69 Å². The fourth-order valence-corrected chi connectivity index (χ4v) is 1.94. The number of nitrogens with zero attached hydrogens (tertiary/aromatic N) is 3. The average molecular weight is 268 g/mol. The summed E-state index contributed by atoms with van der Waals surface area (Å²) in [4.78, 5) is 16.6. The molecule has 8 nitrogen and oxygen atoms in total. The van der Waals surface area contributed by atoms with Crippen molar-refractivity contribution >= 4 is 17.3 Å². The number of nitrogens with one attached hydrogen (secondary N) is 1. The third-order valence-corrected chi connectivity index (χ3v) is 2.93. The van der Waals surface area contributed by atoms with Gasteiger partial charge in [-0.3, -0.25) is 10.1 Å². The lowest BCUT2D eigenvalue weighted by Gasteiger charge is -2.32. The lowest BCUT2D eigenvalue weighted by Crippen LogP contribution is -2.44. The van der Waals surface area contributed by atoms with E-state index in [-0.39, 0.29) is 18.4 Å². The van der Waals surface area contributed by atoms with Crippen molar-refractivity contribution in [3.05, 3.63) is 22.2 Å². The number of hydrogen-bond acceptors (Lipinski definition) is 7. The van der Waals surface area contributed by atoms with Crippen LogP contribution < -0.4 is 10.2 Å². The molecule has 0 aliphatic carbocycles. The molecule has 0 amide bonds. The first-order valence-corrected chi connectivity index (χ1v) is 5.95. The van der Waals surface area contributed by atoms with Gasteiger partial charge in [0.15, 0.2) is 0 Å². The zero-order chi connectivity index (χ0) is 13.8. The molecular formula is C11H16N4O4. The third kappa shape index (κ3) is 3.09. The van der Waals surface area contributed by atoms with Crippen LogP contribution in [0.2, 0.25) is 0 Å². The summed E-state index contributed by atoms with van der Waals surface area (Å²) in [5.74, 6) is 0.955. The van der Waals surface area contributed by atoms with Crippen molar-refractivity contribution in [1.82, 2.24) is 4.98 Å². The molecule has 1 aromatic rings. The fourth-order valence-electron chi connectivity index (χ4n) is 1.94. The summed E-state index contributed by atoms with van der Waals surface area (Å²) in [6.45, 7) is 1.44. The van der Waals surface area contributed by atoms with Crippen LogP contribution in [0.15, 0.2) is 12.1 Å². The van der Waals surface area contributed by atoms with Crippen molar-refractivity contribution in [2.45, 2.75) is 6.10 Å². The highest BCUT2D eigenvalue weighted by Crippen LogP contribution is 2.24. The maximum absolute atomic E-state index is 10.9. The largest absolute Gasteiger partial charge is 0.394 e. The quantitative estimate of drug-likeness (QED) is 0.595. The van der Waals surface area contributed by atoms with Gasteiger partial charge in [0.05, 0.1) is 36.4 Å². The lowest BCUT2D eigenvalue weighted by atomic mass is 10.2. The number of aromatic nitrogens is 1. The normalized spacial score (nSPS) is 19.3. The molecule has 1 aliphatic rings. The fraction of sp³-hybridized carbons (Fsp3) is 0.545. The minimum Gasteiger partial charge on any atom is -0.394 e. The van der Waals surface area contributed by atoms with Crippen molar-refractivity contribution in [3.8, 4) is 0 Å². The molecule has 1 atom stereocenters. The summed E-state index contributed by atoms with van der Waals surface area (Å²) < 4.78 is 5.34. The van der Waals surface area contributed by atoms with E-state index in [4.69, 9.17) is 9.84 Å². The Morgan fingerprint density at radius 3 is 3.11 bits per heavy atom. The molecule has 1 saturated heterocycles. The van der Waals surface area contributed by atoms with Crippen LogP contribution in [-0.2, 0) is 4.74 Å². The van der Waals surface area contributed by atoms with Gasteiger partial charge < -0.3 is 20.1 Å². The van der Waals surface area contributed by atoms with E-state index < -0.39 is 4.92 Å². The maximum atomic E-state index is 10.9. The SMILES string of the molecule is CNc1cc([N+](=O)[O-])cc(N2CCOC(CO)C2)n1. The van der Waals surface area contributed by atoms with Crippen LogP contribution in [0.4, 0.5) is 17.3 Å². The molecule has 0 spiro atoms. The molecule has 1 aliphatic heterocycles. The Bertz CT molecular complexity index is 468. The van der Waals surface area contributed by atoms with Gasteiger partial charge in [0.1, 0.15) is 11.6 Å². The monoisotopic (exact) mass is 268 g/mol. The van der Waals surface area contributed by atoms with E-state index in [1.165, 1.54) is 12.1 Å². The number of nitro groups is 1. The molecular weight excluding hydrogens is 252 g/mol. The lowest BCUT2D eigenvalue weighted by molar-refractivity contribution is -0.384. The van der Waals surface area contributed by atoms with Crippen LogP contribution in [0.25, 0.3) is 0 Å². The predicted octanol–water partition coefficient (Wildman–Crippen LogP) is 0.229. The van der Waals surface area contributed by atoms with Crippen molar-refractivity contribution in [2.24, 2.45) is 0 Å². The number of pyridine rings is 1. The number of ether oxygens (including phenoxy) is 1. The third-order valence-electron chi connectivity index (χ3n) is 2.93. The van der Waals surface area contributed by atoms with Gasteiger partial charge in [-0.05, 0) is 0 Å². The number of morpholine rings is 1. The Hall–Kier alpha value is -1.93. The summed E-state index contributed by atoms with van der Waals surface area (Å²) in [5, 5.41) is 22.8. The molecule has 2 rings (SSSR count). The maximum Gasteiger partial charge on any atom is 0.276 e. The molecule has 2 N–H and O–H groups in total. The second-order valence-electron chi connectivity index (χ2n) is 4.20. The smallest absolute Gasteiger partial charge is 0.276 e. The molecule has 1 unspecified atom stereocenters. The number of anilines is 2. The molecule has 1 fully saturated rings. The van der Waals surface area contributed by atoms with Crippen molar-refractivity contribution in [3.63, 3.8) is 0 Å². The molecule has 0 aromatic carbocycles. The van der Waals surface area contributed by atoms with E-state index in [0.717, 1.165) is 0 Å². The van der Waals surface area contributed by atoms with Gasteiger partial charge in [-0.1, -0.05) is 0 Å². The van der Waals surface area contributed by atoms with Gasteiger partial charge in [-0.2, -0.15) is 0 Å². The van der Waals surface area contributed by atoms with Gasteiger partial charge >= 0.3 is 0 Å². The first kappa shape index (κ1) is 13.5. The van der Waals surface area contributed by atoms with E-state index in [1.54, 1.807) is 7.05 Å². The highest BCUT2D eigenvalue weighted by atomic mass is 16.6. The zero-order valence-electron chi connectivity index (χ0n) is 10.6. The van der Waals surface area contributed by atoms with Crippen molar-refractivity contribution in [1.29, 1.82) is 0 Å². The van der Waals surface area contributed by atoms with Gasteiger partial charge in [-0.25, -0.2) is 4.98 Å². The minimum absolute atomic E-state index is 0.0126. The number of hydrogen-bond donors (Lipinski definition) is 2. The summed E-state index contributed by atoms with van der Waals surface area (Å²) in [5.41, 5.74) is -0.0126. The molecule has 0 bridgehead atoms. The van der Waals surface area contributed by atoms with Crippen LogP contribution >= 0.6 is 0 Å². The van der Waals surface area contributed by atoms with E-state index in [1.807, 2.05) is 4.90 Å². The van der Waals surface area contributed by atoms with E-state index >= 15 is 0 Å². The topological polar surface area (TPSA) is 101 Å². The van der Waals surface area contributed by atoms with Crippen molar-refractivity contribution in [2.75, 3.05) is 43.6 Å².